The standard InChI is InChI=1S/C20H24NO3PS2/c1-16-9-7-8-14-21(16)20(15-23-25(22,26)27)24-19-13-6-5-12-18(19)17-10-3-2-4-11-17/h2-6,10-13,15-16H,7-9,14H2,1H3,(H2,22,26,27)/t16-/m0/s1. The van der Waals surface area contributed by atoms with E-state index in [1.807, 2.05) is 54.6 Å². The number of hydrogen-bond acceptors (Lipinski definition) is 4. The minimum Gasteiger partial charge on any atom is -0.439 e. The molecule has 1 unspecified atom stereocenters. The lowest BCUT2D eigenvalue weighted by Gasteiger charge is -2.36. The van der Waals surface area contributed by atoms with E-state index in [0.29, 0.717) is 11.9 Å². The number of benzene rings is 2. The number of rotatable bonds is 6. The molecule has 0 bridgehead atoms. The molecule has 3 rings (SSSR count). The van der Waals surface area contributed by atoms with Crippen LogP contribution in [0.1, 0.15) is 26.2 Å². The third-order valence-corrected chi connectivity index (χ3v) is 5.48. The predicted molar refractivity (Wildman–Crippen MR) is 117 cm³/mol. The molecule has 2 aromatic rings. The van der Waals surface area contributed by atoms with Crippen molar-refractivity contribution in [2.45, 2.75) is 32.2 Å². The minimum absolute atomic E-state index is 0.314. The Balaban J connectivity index is 1.94. The Bertz CT molecular complexity index is 838. The zero-order valence-electron chi connectivity index (χ0n) is 15.2. The van der Waals surface area contributed by atoms with Crippen molar-refractivity contribution in [1.82, 2.24) is 4.90 Å². The van der Waals surface area contributed by atoms with Crippen LogP contribution in [0.2, 0.25) is 0 Å². The smallest absolute Gasteiger partial charge is 0.291 e. The molecule has 0 spiro atoms. The summed E-state index contributed by atoms with van der Waals surface area (Å²) in [5.41, 5.74) is -1.06. The highest BCUT2D eigenvalue weighted by molar-refractivity contribution is 8.59. The number of piperidine rings is 1. The Labute approximate surface area is 171 Å². The molecule has 27 heavy (non-hydrogen) atoms. The van der Waals surface area contributed by atoms with Gasteiger partial charge in [-0.25, -0.2) is 0 Å². The van der Waals surface area contributed by atoms with Gasteiger partial charge in [0.05, 0.1) is 0 Å². The molecule has 1 fully saturated rings. The van der Waals surface area contributed by atoms with Gasteiger partial charge in [-0.2, -0.15) is 0 Å². The quantitative estimate of drug-likeness (QED) is 0.363. The molecular formula is C20H24NO3PS2. The SMILES string of the molecule is C[C@H]1CCCCN1C(=COP(O)(=S)S)Oc1ccccc1-c1ccccc1. The summed E-state index contributed by atoms with van der Waals surface area (Å²) in [6.45, 7) is 3.03. The summed E-state index contributed by atoms with van der Waals surface area (Å²) < 4.78 is 11.6. The maximum absolute atomic E-state index is 9.78. The number of ether oxygens (including phenoxy) is 1. The Morgan fingerprint density at radius 1 is 1.19 bits per heavy atom. The average Bonchev–Trinajstić information content (AvgIpc) is 2.66. The molecule has 1 heterocycles. The molecule has 7 heteroatoms. The third-order valence-electron chi connectivity index (χ3n) is 4.56. The van der Waals surface area contributed by atoms with E-state index in [9.17, 15) is 4.89 Å². The van der Waals surface area contributed by atoms with E-state index in [1.165, 1.54) is 12.7 Å². The zero-order chi connectivity index (χ0) is 19.3. The topological polar surface area (TPSA) is 41.9 Å². The monoisotopic (exact) mass is 421 g/mol. The van der Waals surface area contributed by atoms with Gasteiger partial charge in [0.25, 0.3) is 5.69 Å². The van der Waals surface area contributed by atoms with Crippen LogP contribution in [0.4, 0.5) is 0 Å². The highest BCUT2D eigenvalue weighted by Crippen LogP contribution is 2.48. The predicted octanol–water partition coefficient (Wildman–Crippen LogP) is 5.57. The van der Waals surface area contributed by atoms with E-state index >= 15 is 0 Å². The Morgan fingerprint density at radius 3 is 2.59 bits per heavy atom. The van der Waals surface area contributed by atoms with Gasteiger partial charge >= 0.3 is 0 Å². The molecule has 1 saturated heterocycles. The first kappa shape index (κ1) is 20.3. The number of likely N-dealkylation sites (tertiary alicyclic amines) is 1. The molecule has 0 radical (unpaired) electrons. The first-order valence-corrected chi connectivity index (χ1v) is 12.8. The number of para-hydroxylation sites is 1. The van der Waals surface area contributed by atoms with Gasteiger partial charge in [-0.1, -0.05) is 60.8 Å². The molecule has 0 aromatic heterocycles. The summed E-state index contributed by atoms with van der Waals surface area (Å²) in [6.07, 6.45) is 4.77. The molecular weight excluding hydrogens is 397 g/mol. The fourth-order valence-electron chi connectivity index (χ4n) is 3.21. The first-order chi connectivity index (χ1) is 12.9. The van der Waals surface area contributed by atoms with Crippen LogP contribution in [0, 0.1) is 0 Å². The van der Waals surface area contributed by atoms with Crippen molar-refractivity contribution < 1.29 is 14.2 Å². The molecule has 1 aliphatic rings. The molecule has 1 aliphatic heterocycles. The second kappa shape index (κ2) is 9.16. The lowest BCUT2D eigenvalue weighted by atomic mass is 10.0. The summed E-state index contributed by atoms with van der Waals surface area (Å²) in [7, 11) is 0. The summed E-state index contributed by atoms with van der Waals surface area (Å²) in [6, 6.07) is 18.3. The lowest BCUT2D eigenvalue weighted by molar-refractivity contribution is 0.129. The van der Waals surface area contributed by atoms with E-state index in [0.717, 1.165) is 36.3 Å². The van der Waals surface area contributed by atoms with E-state index in [1.54, 1.807) is 0 Å². The van der Waals surface area contributed by atoms with Gasteiger partial charge in [-0.15, -0.1) is 0 Å². The summed E-state index contributed by atoms with van der Waals surface area (Å²) in [5.74, 6) is 1.27. The van der Waals surface area contributed by atoms with Crippen molar-refractivity contribution >= 4 is 29.7 Å². The summed E-state index contributed by atoms with van der Waals surface area (Å²) in [4.78, 5) is 11.9. The van der Waals surface area contributed by atoms with Gasteiger partial charge in [0, 0.05) is 18.2 Å². The maximum atomic E-state index is 9.78. The molecule has 0 amide bonds. The van der Waals surface area contributed by atoms with E-state index in [2.05, 4.69) is 24.1 Å². The number of nitrogens with zero attached hydrogens (tertiary/aromatic N) is 1. The van der Waals surface area contributed by atoms with Crippen LogP contribution >= 0.6 is 17.9 Å². The van der Waals surface area contributed by atoms with E-state index in [4.69, 9.17) is 21.1 Å². The maximum Gasteiger partial charge on any atom is 0.291 e. The van der Waals surface area contributed by atoms with Crippen molar-refractivity contribution in [2.75, 3.05) is 6.54 Å². The van der Waals surface area contributed by atoms with Crippen LogP contribution in [-0.2, 0) is 16.3 Å². The Morgan fingerprint density at radius 2 is 1.89 bits per heavy atom. The molecule has 144 valence electrons. The van der Waals surface area contributed by atoms with Gasteiger partial charge in [-0.3, -0.25) is 0 Å². The number of thiol groups is 1. The molecule has 2 aromatic carbocycles. The molecule has 4 nitrogen and oxygen atoms in total. The molecule has 0 aliphatic carbocycles. The van der Waals surface area contributed by atoms with Crippen molar-refractivity contribution in [3.8, 4) is 16.9 Å². The fourth-order valence-corrected chi connectivity index (χ4v) is 3.71. The molecule has 2 atom stereocenters. The van der Waals surface area contributed by atoms with Gasteiger partial charge in [0.1, 0.15) is 5.75 Å². The summed E-state index contributed by atoms with van der Waals surface area (Å²) >= 11 is 8.85. The fraction of sp³-hybridized carbons (Fsp3) is 0.300. The lowest BCUT2D eigenvalue weighted by Crippen LogP contribution is -2.38. The highest BCUT2D eigenvalue weighted by Gasteiger charge is 2.24. The second-order valence-electron chi connectivity index (χ2n) is 6.55. The van der Waals surface area contributed by atoms with Crippen LogP contribution in [0.3, 0.4) is 0 Å². The van der Waals surface area contributed by atoms with Crippen molar-refractivity contribution in [3.05, 3.63) is 66.7 Å². The van der Waals surface area contributed by atoms with E-state index in [-0.39, 0.29) is 0 Å². The largest absolute Gasteiger partial charge is 0.439 e. The zero-order valence-corrected chi connectivity index (χ0v) is 17.8. The van der Waals surface area contributed by atoms with Crippen LogP contribution in [0.15, 0.2) is 66.7 Å². The number of hydrogen-bond donors (Lipinski definition) is 2. The van der Waals surface area contributed by atoms with Crippen LogP contribution < -0.4 is 4.74 Å². The molecule has 1 N–H and O–H groups in total. The van der Waals surface area contributed by atoms with Gasteiger partial charge < -0.3 is 19.1 Å². The van der Waals surface area contributed by atoms with Crippen LogP contribution in [0.5, 0.6) is 5.75 Å². The van der Waals surface area contributed by atoms with E-state index < -0.39 is 5.69 Å². The third kappa shape index (κ3) is 5.76. The highest BCUT2D eigenvalue weighted by atomic mass is 32.9. The second-order valence-corrected chi connectivity index (χ2v) is 11.7. The summed E-state index contributed by atoms with van der Waals surface area (Å²) in [5, 5.41) is 0. The van der Waals surface area contributed by atoms with Crippen LogP contribution in [0.25, 0.3) is 11.1 Å². The van der Waals surface area contributed by atoms with Gasteiger partial charge in [-0.05, 0) is 49.6 Å². The van der Waals surface area contributed by atoms with Crippen molar-refractivity contribution in [2.24, 2.45) is 0 Å². The Kier molecular flexibility index (Phi) is 6.88. The van der Waals surface area contributed by atoms with Crippen LogP contribution in [-0.4, -0.2) is 22.4 Å². The normalized spacial score (nSPS) is 20.0. The van der Waals surface area contributed by atoms with Crippen molar-refractivity contribution in [1.29, 1.82) is 0 Å². The molecule has 0 saturated carbocycles. The first-order valence-electron chi connectivity index (χ1n) is 8.97. The Hall–Kier alpha value is -1.46. The minimum atomic E-state index is -3.12. The van der Waals surface area contributed by atoms with Gasteiger partial charge in [0.2, 0.25) is 5.88 Å². The van der Waals surface area contributed by atoms with Gasteiger partial charge in [0.15, 0.2) is 6.26 Å². The average molecular weight is 422 g/mol. The van der Waals surface area contributed by atoms with Crippen molar-refractivity contribution in [3.63, 3.8) is 0 Å².